The number of benzene rings is 2. The number of unbranched alkanes of at least 4 members (excludes halogenated alkanes) is 2. The monoisotopic (exact) mass is 838 g/mol. The molecule has 6 atom stereocenters. The van der Waals surface area contributed by atoms with E-state index < -0.39 is 29.4 Å². The van der Waals surface area contributed by atoms with Gasteiger partial charge in [-0.25, -0.2) is 4.79 Å². The first-order valence-electron chi connectivity index (χ1n) is 21.3. The van der Waals surface area contributed by atoms with E-state index in [9.17, 15) is 20.1 Å². The van der Waals surface area contributed by atoms with Gasteiger partial charge in [0.05, 0.1) is 51.3 Å². The lowest BCUT2D eigenvalue weighted by atomic mass is 9.55. The molecule has 12 nitrogen and oxygen atoms in total. The number of thioether (sulfide) groups is 1. The van der Waals surface area contributed by atoms with Crippen molar-refractivity contribution in [3.63, 3.8) is 0 Å². The number of amides is 1. The normalized spacial score (nSPS) is 24.0. The summed E-state index contributed by atoms with van der Waals surface area (Å²) in [5.74, 6) is 0.212. The second kappa shape index (κ2) is 22.9. The van der Waals surface area contributed by atoms with Crippen LogP contribution in [0.1, 0.15) is 84.1 Å². The number of nitrogens with zero attached hydrogens (tertiary/aromatic N) is 2. The third-order valence-electron chi connectivity index (χ3n) is 11.0. The first kappa shape index (κ1) is 46.5. The quantitative estimate of drug-likeness (QED) is 0.0413. The predicted molar refractivity (Wildman–Crippen MR) is 230 cm³/mol. The molecule has 0 aromatic heterocycles. The van der Waals surface area contributed by atoms with Crippen molar-refractivity contribution in [3.8, 4) is 11.5 Å². The summed E-state index contributed by atoms with van der Waals surface area (Å²) in [4.78, 5) is 23.1. The summed E-state index contributed by atoms with van der Waals surface area (Å²) in [5, 5.41) is 34.1. The molecule has 0 spiro atoms. The first-order chi connectivity index (χ1) is 28.6. The largest absolute Gasteiger partial charge is 0.493 e. The molecule has 326 valence electrons. The van der Waals surface area contributed by atoms with Gasteiger partial charge in [-0.1, -0.05) is 48.3 Å². The fourth-order valence-electron chi connectivity index (χ4n) is 8.68. The Bertz CT molecular complexity index is 1680. The molecule has 2 aromatic carbocycles. The molecule has 59 heavy (non-hydrogen) atoms. The second-order valence-electron chi connectivity index (χ2n) is 16.2. The number of rotatable bonds is 24. The van der Waals surface area contributed by atoms with E-state index >= 15 is 0 Å². The van der Waals surface area contributed by atoms with Gasteiger partial charge in [0.25, 0.3) is 0 Å². The van der Waals surface area contributed by atoms with Crippen LogP contribution in [0.15, 0.2) is 82.9 Å². The molecule has 1 saturated carbocycles. The summed E-state index contributed by atoms with van der Waals surface area (Å²) in [5.41, 5.74) is 2.03. The number of hydrogen-bond donors (Lipinski definition) is 3. The van der Waals surface area contributed by atoms with Gasteiger partial charge in [-0.15, -0.1) is 18.3 Å². The lowest BCUT2D eigenvalue weighted by Crippen LogP contribution is -2.70. The minimum atomic E-state index is -1.43. The van der Waals surface area contributed by atoms with Crippen molar-refractivity contribution >= 4 is 23.6 Å². The molecule has 1 amide bonds. The summed E-state index contributed by atoms with van der Waals surface area (Å²) in [6, 6.07) is 15.5. The Morgan fingerprint density at radius 3 is 2.47 bits per heavy atom. The van der Waals surface area contributed by atoms with Crippen LogP contribution in [0.25, 0.3) is 0 Å². The molecule has 0 radical (unpaired) electrons. The molecule has 2 aromatic rings. The van der Waals surface area contributed by atoms with Crippen molar-refractivity contribution in [2.45, 2.75) is 101 Å². The van der Waals surface area contributed by atoms with E-state index in [4.69, 9.17) is 33.7 Å². The maximum atomic E-state index is 14.1. The summed E-state index contributed by atoms with van der Waals surface area (Å²) in [6.07, 6.45) is 8.35. The van der Waals surface area contributed by atoms with E-state index in [1.165, 1.54) is 4.90 Å². The number of hydrogen-bond acceptors (Lipinski definition) is 12. The van der Waals surface area contributed by atoms with Gasteiger partial charge in [-0.3, -0.25) is 4.90 Å². The third-order valence-corrected chi connectivity index (χ3v) is 12.0. The molecule has 0 saturated heterocycles. The lowest BCUT2D eigenvalue weighted by molar-refractivity contribution is -0.256. The fourth-order valence-corrected chi connectivity index (χ4v) is 9.43. The van der Waals surface area contributed by atoms with Crippen molar-refractivity contribution in [1.29, 1.82) is 0 Å². The smallest absolute Gasteiger partial charge is 0.410 e. The van der Waals surface area contributed by atoms with Gasteiger partial charge in [0.15, 0.2) is 0 Å². The van der Waals surface area contributed by atoms with Gasteiger partial charge in [-0.05, 0) is 101 Å². The molecule has 13 heteroatoms. The van der Waals surface area contributed by atoms with Gasteiger partial charge in [0, 0.05) is 48.3 Å². The molecule has 1 fully saturated rings. The third kappa shape index (κ3) is 12.0. The highest BCUT2D eigenvalue weighted by Crippen LogP contribution is 2.62. The van der Waals surface area contributed by atoms with E-state index in [1.54, 1.807) is 29.7 Å². The van der Waals surface area contributed by atoms with Gasteiger partial charge in [0.2, 0.25) is 5.79 Å². The van der Waals surface area contributed by atoms with Crippen LogP contribution in [-0.2, 0) is 19.0 Å². The van der Waals surface area contributed by atoms with Crippen LogP contribution in [0.2, 0.25) is 0 Å². The number of carbonyl (C=O) groups excluding carboxylic acids is 1. The number of allylic oxidation sites excluding steroid dienone is 1. The molecule has 3 aliphatic rings. The lowest BCUT2D eigenvalue weighted by Gasteiger charge is -2.59. The number of carbonyl (C=O) groups is 1. The minimum Gasteiger partial charge on any atom is -0.493 e. The van der Waals surface area contributed by atoms with E-state index in [0.29, 0.717) is 30.9 Å². The number of oxime groups is 1. The molecule has 1 aliphatic heterocycles. The van der Waals surface area contributed by atoms with Gasteiger partial charge >= 0.3 is 6.09 Å². The SMILES string of the molecule is C=CCO[C@@]12Oc3ccc(OCCSc4ccccc4)cc3[C@H]3[C@H](CCCCO)[C@@H](CCCCO)C=C(C(=NOC(C)(C)C)C[C@@H]1N(CCOCCO)C(=O)OCC)[C@H]32. The van der Waals surface area contributed by atoms with Crippen molar-refractivity contribution in [2.75, 3.05) is 65.2 Å². The Kier molecular flexibility index (Phi) is 18.0. The average molecular weight is 839 g/mol. The summed E-state index contributed by atoms with van der Waals surface area (Å²) in [7, 11) is 0. The predicted octanol–water partition coefficient (Wildman–Crippen LogP) is 7.76. The Hall–Kier alpha value is -3.59. The highest BCUT2D eigenvalue weighted by atomic mass is 32.2. The van der Waals surface area contributed by atoms with E-state index in [2.05, 4.69) is 30.9 Å². The van der Waals surface area contributed by atoms with E-state index in [-0.39, 0.29) is 77.0 Å². The van der Waals surface area contributed by atoms with Crippen LogP contribution in [0, 0.1) is 17.8 Å². The molecular weight excluding hydrogens is 773 g/mol. The maximum absolute atomic E-state index is 14.1. The zero-order valence-corrected chi connectivity index (χ0v) is 36.2. The fraction of sp³-hybridized carbons (Fsp3) is 0.609. The molecule has 0 bridgehead atoms. The van der Waals surface area contributed by atoms with Crippen LogP contribution < -0.4 is 9.47 Å². The zero-order valence-electron chi connectivity index (χ0n) is 35.4. The first-order valence-corrected chi connectivity index (χ1v) is 22.3. The van der Waals surface area contributed by atoms with Crippen LogP contribution in [-0.4, -0.2) is 115 Å². The Morgan fingerprint density at radius 1 is 1.02 bits per heavy atom. The number of aliphatic hydroxyl groups excluding tert-OH is 3. The van der Waals surface area contributed by atoms with Gasteiger partial charge in [0.1, 0.15) is 23.1 Å². The summed E-state index contributed by atoms with van der Waals surface area (Å²) >= 11 is 1.74. The average Bonchev–Trinajstić information content (AvgIpc) is 3.22. The van der Waals surface area contributed by atoms with Gasteiger partial charge in [-0.2, -0.15) is 0 Å². The topological polar surface area (TPSA) is 149 Å². The number of fused-ring (bicyclic) bond motifs is 2. The molecule has 3 N–H and O–H groups in total. The maximum Gasteiger partial charge on any atom is 0.410 e. The van der Waals surface area contributed by atoms with E-state index in [0.717, 1.165) is 48.3 Å². The highest BCUT2D eigenvalue weighted by Gasteiger charge is 2.65. The highest BCUT2D eigenvalue weighted by molar-refractivity contribution is 7.99. The Balaban J connectivity index is 1.70. The Morgan fingerprint density at radius 2 is 1.78 bits per heavy atom. The standard InChI is InChI=1S/C46H66N2O10S/c1-6-25-56-46-41(48(44(52)54-7-2)21-26-53-27-24-51)32-39(47-58-45(3,4)5)37-30-33(15-11-13-22-49)36(18-12-14-23-50)42(43(37)46)38-31-34(19-20-40(38)57-46)55-28-29-59-35-16-9-8-10-17-35/h6,8-10,16-17,19-20,30-31,33,36,41-43,49-51H,1,7,11-15,18,21-29,32H2,2-5H3/t33-,36+,41-,42+,43+,46+/m0/s1. The van der Waals surface area contributed by atoms with Crippen LogP contribution in [0.5, 0.6) is 11.5 Å². The van der Waals surface area contributed by atoms with Crippen LogP contribution in [0.3, 0.4) is 0 Å². The van der Waals surface area contributed by atoms with E-state index in [1.807, 2.05) is 51.1 Å². The summed E-state index contributed by atoms with van der Waals surface area (Å²) in [6.45, 7) is 12.9. The van der Waals surface area contributed by atoms with Crippen molar-refractivity contribution in [3.05, 3.63) is 78.4 Å². The Labute approximate surface area is 354 Å². The molecule has 0 unspecified atom stereocenters. The van der Waals surface area contributed by atoms with Crippen LogP contribution >= 0.6 is 11.8 Å². The van der Waals surface area contributed by atoms with Gasteiger partial charge < -0.3 is 43.8 Å². The molecular formula is C46H66N2O10S. The van der Waals surface area contributed by atoms with Crippen molar-refractivity contribution in [1.82, 2.24) is 4.90 Å². The van der Waals surface area contributed by atoms with Crippen molar-refractivity contribution in [2.24, 2.45) is 22.9 Å². The molecule has 5 rings (SSSR count). The summed E-state index contributed by atoms with van der Waals surface area (Å²) < 4.78 is 32.2. The molecule has 1 heterocycles. The number of aliphatic hydroxyl groups is 3. The minimum absolute atomic E-state index is 0.0692. The molecule has 2 aliphatic carbocycles. The number of ether oxygens (including phenoxy) is 5. The van der Waals surface area contributed by atoms with Crippen molar-refractivity contribution < 1.29 is 48.6 Å². The van der Waals surface area contributed by atoms with Crippen LogP contribution in [0.4, 0.5) is 4.79 Å². The zero-order chi connectivity index (χ0) is 42.3. The second-order valence-corrected chi connectivity index (χ2v) is 17.4.